The summed E-state index contributed by atoms with van der Waals surface area (Å²) in [6, 6.07) is 10.2. The number of nitrogens with zero attached hydrogens (tertiary/aromatic N) is 1. The largest absolute Gasteiger partial charge is 0.449 e. The van der Waals surface area contributed by atoms with Crippen LogP contribution in [0.4, 0.5) is 24.2 Å². The summed E-state index contributed by atoms with van der Waals surface area (Å²) < 4.78 is 38.0. The molecule has 0 aliphatic heterocycles. The van der Waals surface area contributed by atoms with E-state index in [2.05, 4.69) is 15.6 Å². The smallest absolute Gasteiger partial charge is 0.412 e. The van der Waals surface area contributed by atoms with E-state index in [9.17, 15) is 23.2 Å². The van der Waals surface area contributed by atoms with Gasteiger partial charge in [0, 0.05) is 30.0 Å². The first-order valence-corrected chi connectivity index (χ1v) is 13.6. The van der Waals surface area contributed by atoms with Gasteiger partial charge in [-0.15, -0.1) is 0 Å². The number of hydrogen-bond donors (Lipinski definition) is 2. The van der Waals surface area contributed by atoms with Gasteiger partial charge in [0.25, 0.3) is 0 Å². The number of aryl methyl sites for hydroxylation is 1. The van der Waals surface area contributed by atoms with Crippen molar-refractivity contribution < 1.29 is 32.6 Å². The number of fused-ring (bicyclic) bond motifs is 1. The van der Waals surface area contributed by atoms with E-state index in [0.29, 0.717) is 16.3 Å². The first-order chi connectivity index (χ1) is 19.3. The van der Waals surface area contributed by atoms with Gasteiger partial charge in [0.15, 0.2) is 0 Å². The Balaban J connectivity index is 1.61. The van der Waals surface area contributed by atoms with E-state index in [1.54, 1.807) is 39.8 Å². The third-order valence-electron chi connectivity index (χ3n) is 6.47. The third-order valence-corrected chi connectivity index (χ3v) is 6.90. The van der Waals surface area contributed by atoms with Crippen LogP contribution < -0.4 is 10.6 Å². The number of carbonyl (C=O) groups excluding carboxylic acids is 3. The van der Waals surface area contributed by atoms with Gasteiger partial charge in [0.1, 0.15) is 28.8 Å². The number of alkyl carbamates (subject to hydrolysis) is 1. The molecule has 1 heterocycles. The minimum absolute atomic E-state index is 0.0290. The van der Waals surface area contributed by atoms with Crippen LogP contribution in [0.5, 0.6) is 0 Å². The molecule has 0 saturated heterocycles. The van der Waals surface area contributed by atoms with Crippen molar-refractivity contribution in [2.24, 2.45) is 5.41 Å². The molecule has 0 aliphatic rings. The SMILES string of the molecule is CC(C)(C)OC(=O)NCCC(C)(CCOC(=O)Nc1cc2cc(F)ccc2cn1)C(=O)CCc1cccc(F)c1Cl. The quantitative estimate of drug-likeness (QED) is 0.244. The fourth-order valence-corrected chi connectivity index (χ4v) is 4.36. The maximum Gasteiger partial charge on any atom is 0.412 e. The Morgan fingerprint density at radius 2 is 1.73 bits per heavy atom. The summed E-state index contributed by atoms with van der Waals surface area (Å²) in [7, 11) is 0. The fraction of sp³-hybridized carbons (Fsp3) is 0.400. The number of benzene rings is 2. The molecule has 0 radical (unpaired) electrons. The summed E-state index contributed by atoms with van der Waals surface area (Å²) in [5.74, 6) is -0.958. The number of carbonyl (C=O) groups is 3. The Kier molecular flexibility index (Phi) is 10.6. The standard InChI is InChI=1S/C30H34ClF2N3O5/c1-29(2,3)41-27(38)34-14-12-30(4,24(37)11-9-19-6-5-7-23(33)26(19)31)13-15-40-28(39)36-25-17-21-16-22(32)10-8-20(21)18-35-25/h5-8,10,16-18H,9,11-15H2,1-4H3,(H,34,38)(H,35,36,39). The van der Waals surface area contributed by atoms with Crippen LogP contribution in [0.3, 0.4) is 0 Å². The number of nitrogens with one attached hydrogen (secondary N) is 2. The van der Waals surface area contributed by atoms with Gasteiger partial charge in [0.05, 0.1) is 11.6 Å². The molecular formula is C30H34ClF2N3O5. The molecule has 11 heteroatoms. The minimum Gasteiger partial charge on any atom is -0.449 e. The van der Waals surface area contributed by atoms with Crippen LogP contribution >= 0.6 is 11.6 Å². The second-order valence-electron chi connectivity index (χ2n) is 10.9. The number of ketones is 1. The van der Waals surface area contributed by atoms with Crippen molar-refractivity contribution in [1.29, 1.82) is 0 Å². The van der Waals surface area contributed by atoms with Gasteiger partial charge in [0.2, 0.25) is 0 Å². The molecule has 3 aromatic rings. The van der Waals surface area contributed by atoms with E-state index in [1.165, 1.54) is 36.5 Å². The second-order valence-corrected chi connectivity index (χ2v) is 11.3. The Morgan fingerprint density at radius 3 is 2.46 bits per heavy atom. The first-order valence-electron chi connectivity index (χ1n) is 13.2. The highest BCUT2D eigenvalue weighted by Crippen LogP contribution is 2.30. The van der Waals surface area contributed by atoms with Crippen molar-refractivity contribution in [1.82, 2.24) is 10.3 Å². The Hall–Kier alpha value is -3.79. The van der Waals surface area contributed by atoms with Crippen LogP contribution in [-0.2, 0) is 20.7 Å². The van der Waals surface area contributed by atoms with E-state index in [4.69, 9.17) is 21.1 Å². The summed E-state index contributed by atoms with van der Waals surface area (Å²) in [4.78, 5) is 42.0. The summed E-state index contributed by atoms with van der Waals surface area (Å²) in [5, 5.41) is 6.39. The predicted molar refractivity (Wildman–Crippen MR) is 153 cm³/mol. The van der Waals surface area contributed by atoms with Crippen LogP contribution in [0.15, 0.2) is 48.7 Å². The molecule has 220 valence electrons. The van der Waals surface area contributed by atoms with Crippen LogP contribution in [0.2, 0.25) is 5.02 Å². The van der Waals surface area contributed by atoms with Gasteiger partial charge in [-0.25, -0.2) is 23.4 Å². The van der Waals surface area contributed by atoms with Crippen molar-refractivity contribution in [2.75, 3.05) is 18.5 Å². The average Bonchev–Trinajstić information content (AvgIpc) is 2.88. The summed E-state index contributed by atoms with van der Waals surface area (Å²) >= 11 is 6.05. The normalized spacial score (nSPS) is 12.9. The molecule has 0 bridgehead atoms. The van der Waals surface area contributed by atoms with Crippen molar-refractivity contribution in [3.05, 3.63) is 70.9 Å². The van der Waals surface area contributed by atoms with Crippen molar-refractivity contribution in [3.63, 3.8) is 0 Å². The summed E-state index contributed by atoms with van der Waals surface area (Å²) in [6.07, 6.45) is 0.782. The molecule has 41 heavy (non-hydrogen) atoms. The zero-order valence-corrected chi connectivity index (χ0v) is 24.2. The molecule has 8 nitrogen and oxygen atoms in total. The van der Waals surface area contributed by atoms with Gasteiger partial charge < -0.3 is 14.8 Å². The number of Topliss-reactive ketones (excluding diaryl/α,β-unsaturated/α-hetero) is 1. The molecule has 0 aliphatic carbocycles. The molecule has 1 unspecified atom stereocenters. The number of amides is 2. The number of halogens is 3. The monoisotopic (exact) mass is 589 g/mol. The number of anilines is 1. The summed E-state index contributed by atoms with van der Waals surface area (Å²) in [5.41, 5.74) is -1.16. The van der Waals surface area contributed by atoms with Gasteiger partial charge in [-0.3, -0.25) is 10.1 Å². The molecule has 1 aromatic heterocycles. The summed E-state index contributed by atoms with van der Waals surface area (Å²) in [6.45, 7) is 6.98. The zero-order chi connectivity index (χ0) is 30.2. The minimum atomic E-state index is -0.992. The van der Waals surface area contributed by atoms with Gasteiger partial charge in [-0.1, -0.05) is 30.7 Å². The maximum atomic E-state index is 13.8. The van der Waals surface area contributed by atoms with Crippen molar-refractivity contribution >= 4 is 46.2 Å². The van der Waals surface area contributed by atoms with Crippen molar-refractivity contribution in [3.8, 4) is 0 Å². The highest BCUT2D eigenvalue weighted by molar-refractivity contribution is 6.31. The Labute approximate surface area is 242 Å². The molecular weight excluding hydrogens is 556 g/mol. The Bertz CT molecular complexity index is 1410. The van der Waals surface area contributed by atoms with Crippen LogP contribution in [0.1, 0.15) is 52.5 Å². The second kappa shape index (κ2) is 13.7. The number of pyridine rings is 1. The molecule has 2 aromatic carbocycles. The maximum absolute atomic E-state index is 13.8. The van der Waals surface area contributed by atoms with Crippen LogP contribution in [0.25, 0.3) is 10.8 Å². The lowest BCUT2D eigenvalue weighted by Crippen LogP contribution is -2.37. The van der Waals surface area contributed by atoms with E-state index in [1.807, 2.05) is 0 Å². The lowest BCUT2D eigenvalue weighted by atomic mass is 9.77. The first kappa shape index (κ1) is 31.7. The van der Waals surface area contributed by atoms with Crippen LogP contribution in [0, 0.1) is 17.0 Å². The molecule has 0 saturated carbocycles. The number of hydrogen-bond acceptors (Lipinski definition) is 6. The van der Waals surface area contributed by atoms with Gasteiger partial charge in [-0.05, 0) is 81.3 Å². The predicted octanol–water partition coefficient (Wildman–Crippen LogP) is 7.23. The number of aromatic nitrogens is 1. The van der Waals surface area contributed by atoms with Crippen LogP contribution in [-0.4, -0.2) is 41.7 Å². The topological polar surface area (TPSA) is 107 Å². The van der Waals surface area contributed by atoms with E-state index >= 15 is 0 Å². The molecule has 2 amide bonds. The molecule has 0 spiro atoms. The van der Waals surface area contributed by atoms with Gasteiger partial charge >= 0.3 is 12.2 Å². The van der Waals surface area contributed by atoms with E-state index in [-0.39, 0.29) is 55.5 Å². The molecule has 3 rings (SSSR count). The van der Waals surface area contributed by atoms with E-state index < -0.39 is 34.8 Å². The lowest BCUT2D eigenvalue weighted by Gasteiger charge is -2.29. The average molecular weight is 590 g/mol. The number of ether oxygens (including phenoxy) is 2. The zero-order valence-electron chi connectivity index (χ0n) is 23.5. The number of rotatable bonds is 11. The Morgan fingerprint density at radius 1 is 0.976 bits per heavy atom. The molecule has 2 N–H and O–H groups in total. The van der Waals surface area contributed by atoms with E-state index in [0.717, 1.165) is 0 Å². The highest BCUT2D eigenvalue weighted by Gasteiger charge is 2.33. The lowest BCUT2D eigenvalue weighted by molar-refractivity contribution is -0.129. The third kappa shape index (κ3) is 9.67. The molecule has 0 fully saturated rings. The molecule has 1 atom stereocenters. The van der Waals surface area contributed by atoms with Gasteiger partial charge in [-0.2, -0.15) is 0 Å². The fourth-order valence-electron chi connectivity index (χ4n) is 4.14. The highest BCUT2D eigenvalue weighted by atomic mass is 35.5. The van der Waals surface area contributed by atoms with Crippen molar-refractivity contribution in [2.45, 2.75) is 59.0 Å².